The van der Waals surface area contributed by atoms with E-state index in [1.165, 1.54) is 0 Å². The van der Waals surface area contributed by atoms with E-state index < -0.39 is 47.3 Å². The van der Waals surface area contributed by atoms with Crippen molar-refractivity contribution in [2.24, 2.45) is 11.7 Å². The van der Waals surface area contributed by atoms with E-state index in [1.54, 1.807) is 37.5 Å². The minimum Gasteiger partial charge on any atom is -0.458 e. The molecule has 20 heteroatoms. The lowest BCUT2D eigenvalue weighted by Crippen LogP contribution is -2.56. The first-order valence-electron chi connectivity index (χ1n) is 22.3. The minimum absolute atomic E-state index is 0.0143. The Morgan fingerprint density at radius 1 is 0.892 bits per heavy atom. The highest BCUT2D eigenvalue weighted by molar-refractivity contribution is 5.94. The Morgan fingerprint density at radius 2 is 1.63 bits per heavy atom. The molecule has 3 atom stereocenters. The molecule has 0 aliphatic carbocycles. The Morgan fingerprint density at radius 3 is 2.35 bits per heavy atom. The number of benzene rings is 1. The van der Waals surface area contributed by atoms with Crippen LogP contribution in [0.15, 0.2) is 23.0 Å². The van der Waals surface area contributed by atoms with Crippen molar-refractivity contribution in [2.45, 2.75) is 97.1 Å². The summed E-state index contributed by atoms with van der Waals surface area (Å²) in [5, 5.41) is 23.1. The molecule has 20 nitrogen and oxygen atoms in total. The third kappa shape index (κ3) is 11.4. The number of rotatable bonds is 25. The summed E-state index contributed by atoms with van der Waals surface area (Å²) in [6.45, 7) is 8.99. The molecule has 0 saturated heterocycles. The smallest absolute Gasteiger partial charge is 0.343 e. The largest absolute Gasteiger partial charge is 0.458 e. The van der Waals surface area contributed by atoms with Crippen molar-refractivity contribution in [2.75, 3.05) is 66.1 Å². The van der Waals surface area contributed by atoms with E-state index in [2.05, 4.69) is 21.3 Å². The van der Waals surface area contributed by atoms with E-state index in [-0.39, 0.29) is 88.3 Å². The van der Waals surface area contributed by atoms with E-state index in [4.69, 9.17) is 39.1 Å². The summed E-state index contributed by atoms with van der Waals surface area (Å²) < 4.78 is 34.1. The molecule has 0 spiro atoms. The van der Waals surface area contributed by atoms with Gasteiger partial charge in [-0.15, -0.1) is 0 Å². The highest BCUT2D eigenvalue weighted by atomic mass is 16.7. The van der Waals surface area contributed by atoms with Crippen LogP contribution in [-0.4, -0.2) is 122 Å². The number of aliphatic hydroxyl groups is 1. The van der Waals surface area contributed by atoms with Gasteiger partial charge in [0.1, 0.15) is 25.3 Å². The zero-order chi connectivity index (χ0) is 46.7. The van der Waals surface area contributed by atoms with Crippen LogP contribution in [0.25, 0.3) is 22.3 Å². The number of unbranched alkanes of at least 4 members (excludes halogenated alkanes) is 1. The molecule has 2 aromatic heterocycles. The molecule has 5 heterocycles. The van der Waals surface area contributed by atoms with Crippen molar-refractivity contribution < 1.29 is 57.5 Å². The summed E-state index contributed by atoms with van der Waals surface area (Å²) >= 11 is 0. The number of hydrogen-bond acceptors (Lipinski definition) is 15. The van der Waals surface area contributed by atoms with Crippen LogP contribution in [0.4, 0.5) is 0 Å². The Labute approximate surface area is 376 Å². The van der Waals surface area contributed by atoms with Crippen LogP contribution in [0.5, 0.6) is 11.5 Å². The Hall–Kier alpha value is -5.67. The molecule has 3 aromatic rings. The topological polar surface area (TPSA) is 270 Å². The second-order valence-electron chi connectivity index (χ2n) is 16.4. The molecule has 0 bridgehead atoms. The molecule has 7 N–H and O–H groups in total. The number of fused-ring (bicyclic) bond motifs is 6. The Balaban J connectivity index is 1.06. The third-order valence-corrected chi connectivity index (χ3v) is 11.7. The Kier molecular flexibility index (Phi) is 16.9. The normalized spacial score (nSPS) is 16.6. The van der Waals surface area contributed by atoms with Crippen molar-refractivity contribution in [3.8, 4) is 22.9 Å². The molecule has 3 aliphatic rings. The number of carbonyl (C=O) groups excluding carboxylic acids is 5. The van der Waals surface area contributed by atoms with Crippen LogP contribution in [0.2, 0.25) is 0 Å². The minimum atomic E-state index is -1.97. The van der Waals surface area contributed by atoms with E-state index in [9.17, 15) is 33.9 Å². The van der Waals surface area contributed by atoms with Crippen molar-refractivity contribution in [3.63, 3.8) is 0 Å². The van der Waals surface area contributed by atoms with Crippen LogP contribution in [0.1, 0.15) is 82.1 Å². The van der Waals surface area contributed by atoms with Gasteiger partial charge < -0.3 is 65.1 Å². The predicted octanol–water partition coefficient (Wildman–Crippen LogP) is 0.798. The lowest BCUT2D eigenvalue weighted by Gasteiger charge is -2.31. The van der Waals surface area contributed by atoms with Gasteiger partial charge in [0.2, 0.25) is 30.4 Å². The van der Waals surface area contributed by atoms with E-state index in [1.807, 2.05) is 13.0 Å². The van der Waals surface area contributed by atoms with E-state index >= 15 is 0 Å². The molecule has 65 heavy (non-hydrogen) atoms. The number of nitrogens with zero attached hydrogens (tertiary/aromatic N) is 2. The first-order valence-corrected chi connectivity index (χ1v) is 22.3. The fourth-order valence-corrected chi connectivity index (χ4v) is 8.10. The molecule has 0 radical (unpaired) electrons. The molecule has 354 valence electrons. The average Bonchev–Trinajstić information content (AvgIpc) is 3.91. The summed E-state index contributed by atoms with van der Waals surface area (Å²) in [6.07, 6.45) is 2.34. The zero-order valence-corrected chi connectivity index (χ0v) is 37.5. The molecule has 6 rings (SSSR count). The van der Waals surface area contributed by atoms with Crippen LogP contribution < -0.4 is 42.0 Å². The maximum Gasteiger partial charge on any atom is 0.343 e. The predicted molar refractivity (Wildman–Crippen MR) is 235 cm³/mol. The number of hydrogen-bond donors (Lipinski definition) is 6. The molecule has 1 aromatic carbocycles. The standard InChI is InChI=1S/C45H61N7O13/c1-5-45(59)31-19-34-40-29(22-52(34)43(57)30(31)23-63-44(45)58)27(28-18-35-36(65-25-64-35)20-33(28)49-40)10-9-13-47-37(53)21-48-41(55)32(11-7-8-12-46)50-42(56)39(26(3)4)51-38(54)24-62-17-16-61-15-14-60-6-2/h18-20,26,32,39,59H,5-17,21-25,46H2,1-4H3,(H,47,53)(H,48,55)(H,50,56)(H,51,54)/t32-,39-,45-/m0/s1. The zero-order valence-electron chi connectivity index (χ0n) is 37.5. The van der Waals surface area contributed by atoms with Gasteiger partial charge in [-0.05, 0) is 75.6 Å². The van der Waals surface area contributed by atoms with Crippen LogP contribution >= 0.6 is 0 Å². The second kappa shape index (κ2) is 22.5. The summed E-state index contributed by atoms with van der Waals surface area (Å²) in [5.41, 5.74) is 7.02. The maximum atomic E-state index is 13.9. The third-order valence-electron chi connectivity index (χ3n) is 11.7. The van der Waals surface area contributed by atoms with Crippen LogP contribution in [0, 0.1) is 5.92 Å². The van der Waals surface area contributed by atoms with Crippen molar-refractivity contribution in [3.05, 3.63) is 50.8 Å². The summed E-state index contributed by atoms with van der Waals surface area (Å²) in [4.78, 5) is 84.2. The van der Waals surface area contributed by atoms with Gasteiger partial charge in [-0.25, -0.2) is 9.78 Å². The van der Waals surface area contributed by atoms with Gasteiger partial charge in [-0.3, -0.25) is 24.0 Å². The van der Waals surface area contributed by atoms with Gasteiger partial charge >= 0.3 is 5.97 Å². The molecular formula is C45H61N7O13. The van der Waals surface area contributed by atoms with Crippen molar-refractivity contribution in [1.82, 2.24) is 30.8 Å². The molecule has 4 amide bonds. The molecule has 0 saturated carbocycles. The summed E-state index contributed by atoms with van der Waals surface area (Å²) in [5.74, 6) is -2.11. The quantitative estimate of drug-likeness (QED) is 0.0397. The van der Waals surface area contributed by atoms with Gasteiger partial charge in [0.25, 0.3) is 5.56 Å². The maximum absolute atomic E-state index is 13.9. The van der Waals surface area contributed by atoms with E-state index in [0.29, 0.717) is 80.5 Å². The highest BCUT2D eigenvalue weighted by Gasteiger charge is 2.45. The van der Waals surface area contributed by atoms with Gasteiger partial charge in [0.05, 0.1) is 62.0 Å². The molecule has 3 aliphatic heterocycles. The number of aryl methyl sites for hydroxylation is 1. The summed E-state index contributed by atoms with van der Waals surface area (Å²) in [7, 11) is 0. The number of esters is 1. The van der Waals surface area contributed by atoms with Crippen LogP contribution in [-0.2, 0) is 68.1 Å². The fourth-order valence-electron chi connectivity index (χ4n) is 8.10. The highest BCUT2D eigenvalue weighted by Crippen LogP contribution is 2.43. The molecular weight excluding hydrogens is 847 g/mol. The number of pyridine rings is 2. The lowest BCUT2D eigenvalue weighted by molar-refractivity contribution is -0.172. The Bertz CT molecular complexity index is 2300. The van der Waals surface area contributed by atoms with Gasteiger partial charge in [0.15, 0.2) is 17.1 Å². The van der Waals surface area contributed by atoms with Crippen molar-refractivity contribution in [1.29, 1.82) is 0 Å². The SMILES string of the molecule is CCOCCOCCOCC(=O)N[C@H](C(=O)N[C@@H](CCCCN)C(=O)NCC(=O)NCCCc1c2c(nc3cc4c(cc13)OCO4)-c1cc3c(c(=O)n1C2)COC(=O)[C@]3(O)CC)C(C)C. The second-order valence-corrected chi connectivity index (χ2v) is 16.4. The number of ether oxygens (including phenoxy) is 6. The van der Waals surface area contributed by atoms with E-state index in [0.717, 1.165) is 16.5 Å². The molecule has 0 fully saturated rings. The number of aromatic nitrogens is 2. The number of carbonyl (C=O) groups is 5. The fraction of sp³-hybridized carbons (Fsp3) is 0.578. The number of cyclic esters (lactones) is 1. The monoisotopic (exact) mass is 907 g/mol. The lowest BCUT2D eigenvalue weighted by atomic mass is 9.86. The van der Waals surface area contributed by atoms with Gasteiger partial charge in [-0.1, -0.05) is 20.8 Å². The van der Waals surface area contributed by atoms with Crippen LogP contribution in [0.3, 0.4) is 0 Å². The number of nitrogens with one attached hydrogen (secondary N) is 4. The van der Waals surface area contributed by atoms with Gasteiger partial charge in [-0.2, -0.15) is 0 Å². The first kappa shape index (κ1) is 48.8. The van der Waals surface area contributed by atoms with Crippen molar-refractivity contribution >= 4 is 40.5 Å². The molecule has 0 unspecified atom stereocenters. The number of amides is 4. The first-order chi connectivity index (χ1) is 31.3. The van der Waals surface area contributed by atoms with Gasteiger partial charge in [0, 0.05) is 35.7 Å². The number of nitrogens with two attached hydrogens (primary N) is 1. The summed E-state index contributed by atoms with van der Waals surface area (Å²) in [6, 6.07) is 3.34. The average molecular weight is 908 g/mol.